The molecule has 1 saturated carbocycles. The van der Waals surface area contributed by atoms with Crippen molar-refractivity contribution in [3.63, 3.8) is 0 Å². The van der Waals surface area contributed by atoms with Gasteiger partial charge in [-0.05, 0) is 15.4 Å². The minimum absolute atomic E-state index is 0.155. The molecule has 4 nitrogen and oxygen atoms in total. The standard InChI is InChI=1S/C24H30O4Si/c1-23(2,3)29(19-10-6-4-7-11-19,20-12-8-5-9-13-20)28-22-18-24(15-14-21(22)25)26-16-17-27-24/h4-13,22H,14-18H2,1-3H3/t22-/m1/s1. The van der Waals surface area contributed by atoms with Gasteiger partial charge in [-0.3, -0.25) is 4.79 Å². The molecule has 2 aromatic rings. The molecule has 2 aliphatic rings. The van der Waals surface area contributed by atoms with Crippen LogP contribution in [0.5, 0.6) is 0 Å². The van der Waals surface area contributed by atoms with Crippen LogP contribution in [0, 0.1) is 0 Å². The predicted octanol–water partition coefficient (Wildman–Crippen LogP) is 3.43. The maximum absolute atomic E-state index is 13.0. The fraction of sp³-hybridized carbons (Fsp3) is 0.458. The van der Waals surface area contributed by atoms with Crippen LogP contribution in [0.1, 0.15) is 40.0 Å². The molecule has 0 N–H and O–H groups in total. The zero-order valence-corrected chi connectivity index (χ0v) is 18.5. The average molecular weight is 411 g/mol. The molecule has 0 radical (unpaired) electrons. The number of benzene rings is 2. The lowest BCUT2D eigenvalue weighted by atomic mass is 9.91. The molecular formula is C24H30O4Si. The van der Waals surface area contributed by atoms with Crippen LogP contribution in [0.25, 0.3) is 0 Å². The van der Waals surface area contributed by atoms with Gasteiger partial charge in [-0.25, -0.2) is 0 Å². The molecule has 1 heterocycles. The Hall–Kier alpha value is -1.79. The first-order valence-corrected chi connectivity index (χ1v) is 12.4. The third-order valence-electron chi connectivity index (χ3n) is 6.16. The minimum Gasteiger partial charge on any atom is -0.397 e. The highest BCUT2D eigenvalue weighted by atomic mass is 28.4. The lowest BCUT2D eigenvalue weighted by Gasteiger charge is -2.47. The Balaban J connectivity index is 1.81. The van der Waals surface area contributed by atoms with E-state index in [0.29, 0.717) is 32.5 Å². The number of hydrogen-bond donors (Lipinski definition) is 0. The van der Waals surface area contributed by atoms with Crippen LogP contribution in [0.2, 0.25) is 5.04 Å². The Kier molecular flexibility index (Phi) is 5.51. The Morgan fingerprint density at radius 1 is 0.931 bits per heavy atom. The quantitative estimate of drug-likeness (QED) is 0.725. The molecule has 5 heteroatoms. The summed E-state index contributed by atoms with van der Waals surface area (Å²) in [5.74, 6) is -0.507. The highest BCUT2D eigenvalue weighted by Gasteiger charge is 2.54. The normalized spacial score (nSPS) is 22.2. The lowest BCUT2D eigenvalue weighted by molar-refractivity contribution is -0.194. The lowest BCUT2D eigenvalue weighted by Crippen LogP contribution is -2.69. The van der Waals surface area contributed by atoms with Crippen molar-refractivity contribution >= 4 is 24.5 Å². The Labute approximate surface area is 174 Å². The molecule has 29 heavy (non-hydrogen) atoms. The fourth-order valence-corrected chi connectivity index (χ4v) is 9.40. The van der Waals surface area contributed by atoms with Gasteiger partial charge in [0.1, 0.15) is 6.10 Å². The molecule has 154 valence electrons. The molecule has 2 fully saturated rings. The summed E-state index contributed by atoms with van der Waals surface area (Å²) in [4.78, 5) is 13.0. The Bertz CT molecular complexity index is 799. The maximum atomic E-state index is 13.0. The number of ether oxygens (including phenoxy) is 2. The monoisotopic (exact) mass is 410 g/mol. The SMILES string of the molecule is CC(C)(C)[Si](O[C@@H]1CC2(CCC1=O)OCCO2)(c1ccccc1)c1ccccc1. The van der Waals surface area contributed by atoms with E-state index in [1.807, 2.05) is 12.1 Å². The Morgan fingerprint density at radius 3 is 1.93 bits per heavy atom. The number of rotatable bonds is 4. The van der Waals surface area contributed by atoms with Crippen LogP contribution < -0.4 is 10.4 Å². The minimum atomic E-state index is -2.78. The third-order valence-corrected chi connectivity index (χ3v) is 11.2. The summed E-state index contributed by atoms with van der Waals surface area (Å²) in [6, 6.07) is 20.9. The number of Topliss-reactive ketones (excluding diaryl/α,β-unsaturated/α-hetero) is 1. The third kappa shape index (κ3) is 3.73. The van der Waals surface area contributed by atoms with E-state index in [1.54, 1.807) is 0 Å². The van der Waals surface area contributed by atoms with E-state index in [0.717, 1.165) is 0 Å². The highest BCUT2D eigenvalue weighted by Crippen LogP contribution is 2.41. The van der Waals surface area contributed by atoms with E-state index < -0.39 is 20.2 Å². The summed E-state index contributed by atoms with van der Waals surface area (Å²) in [6.07, 6.45) is 0.999. The van der Waals surface area contributed by atoms with Gasteiger partial charge in [0, 0.05) is 19.3 Å². The molecular weight excluding hydrogens is 380 g/mol. The molecule has 0 unspecified atom stereocenters. The van der Waals surface area contributed by atoms with Crippen molar-refractivity contribution in [3.8, 4) is 0 Å². The van der Waals surface area contributed by atoms with Gasteiger partial charge >= 0.3 is 0 Å². The van der Waals surface area contributed by atoms with E-state index in [9.17, 15) is 4.79 Å². The highest BCUT2D eigenvalue weighted by molar-refractivity contribution is 6.99. The van der Waals surface area contributed by atoms with Crippen LogP contribution in [0.4, 0.5) is 0 Å². The average Bonchev–Trinajstić information content (AvgIpc) is 3.17. The largest absolute Gasteiger partial charge is 0.397 e. The number of ketones is 1. The van der Waals surface area contributed by atoms with Gasteiger partial charge in [-0.2, -0.15) is 0 Å². The van der Waals surface area contributed by atoms with Gasteiger partial charge in [0.05, 0.1) is 13.2 Å². The molecule has 0 bridgehead atoms. The predicted molar refractivity (Wildman–Crippen MR) is 116 cm³/mol. The van der Waals surface area contributed by atoms with E-state index in [4.69, 9.17) is 13.9 Å². The molecule has 1 atom stereocenters. The number of carbonyl (C=O) groups is 1. The second kappa shape index (κ2) is 7.80. The number of carbonyl (C=O) groups excluding carboxylic acids is 1. The van der Waals surface area contributed by atoms with Crippen molar-refractivity contribution in [1.82, 2.24) is 0 Å². The first kappa shape index (κ1) is 20.5. The second-order valence-electron chi connectivity index (χ2n) is 9.05. The van der Waals surface area contributed by atoms with Gasteiger partial charge in [0.15, 0.2) is 11.6 Å². The molecule has 2 aromatic carbocycles. The summed E-state index contributed by atoms with van der Waals surface area (Å²) in [6.45, 7) is 7.85. The molecule has 0 amide bonds. The van der Waals surface area contributed by atoms with Crippen molar-refractivity contribution < 1.29 is 18.7 Å². The summed E-state index contributed by atoms with van der Waals surface area (Å²) in [5.41, 5.74) is 0. The first-order chi connectivity index (χ1) is 13.9. The summed E-state index contributed by atoms with van der Waals surface area (Å²) < 4.78 is 18.9. The molecule has 4 rings (SSSR count). The molecule has 1 spiro atoms. The van der Waals surface area contributed by atoms with Crippen LogP contribution in [-0.4, -0.2) is 39.2 Å². The zero-order valence-electron chi connectivity index (χ0n) is 17.5. The van der Waals surface area contributed by atoms with Gasteiger partial charge < -0.3 is 13.9 Å². The molecule has 1 aliphatic heterocycles. The number of hydrogen-bond acceptors (Lipinski definition) is 4. The summed E-state index contributed by atoms with van der Waals surface area (Å²) >= 11 is 0. The Morgan fingerprint density at radius 2 is 1.45 bits per heavy atom. The van der Waals surface area contributed by atoms with Crippen LogP contribution in [-0.2, 0) is 18.7 Å². The van der Waals surface area contributed by atoms with Crippen LogP contribution in [0.15, 0.2) is 60.7 Å². The van der Waals surface area contributed by atoms with E-state index in [2.05, 4.69) is 69.3 Å². The topological polar surface area (TPSA) is 44.8 Å². The van der Waals surface area contributed by atoms with Crippen LogP contribution in [0.3, 0.4) is 0 Å². The first-order valence-electron chi connectivity index (χ1n) is 10.5. The van der Waals surface area contributed by atoms with Gasteiger partial charge in [0.25, 0.3) is 8.32 Å². The van der Waals surface area contributed by atoms with Crippen molar-refractivity contribution in [2.75, 3.05) is 13.2 Å². The second-order valence-corrected chi connectivity index (χ2v) is 13.3. The van der Waals surface area contributed by atoms with Crippen molar-refractivity contribution in [2.24, 2.45) is 0 Å². The molecule has 1 saturated heterocycles. The smallest absolute Gasteiger partial charge is 0.262 e. The zero-order chi connectivity index (χ0) is 20.5. The molecule has 1 aliphatic carbocycles. The summed E-state index contributed by atoms with van der Waals surface area (Å²) in [5, 5.41) is 2.19. The summed E-state index contributed by atoms with van der Waals surface area (Å²) in [7, 11) is -2.78. The van der Waals surface area contributed by atoms with Crippen molar-refractivity contribution in [1.29, 1.82) is 0 Å². The van der Waals surface area contributed by atoms with Gasteiger partial charge in [-0.1, -0.05) is 81.4 Å². The van der Waals surface area contributed by atoms with Crippen molar-refractivity contribution in [3.05, 3.63) is 60.7 Å². The van der Waals surface area contributed by atoms with E-state index in [1.165, 1.54) is 10.4 Å². The van der Waals surface area contributed by atoms with Gasteiger partial charge in [0.2, 0.25) is 0 Å². The molecule has 0 aromatic heterocycles. The van der Waals surface area contributed by atoms with Gasteiger partial charge in [-0.15, -0.1) is 0 Å². The van der Waals surface area contributed by atoms with Crippen molar-refractivity contribution in [2.45, 2.75) is 57.0 Å². The van der Waals surface area contributed by atoms with E-state index in [-0.39, 0.29) is 10.8 Å². The fourth-order valence-electron chi connectivity index (χ4n) is 4.74. The van der Waals surface area contributed by atoms with Crippen LogP contribution >= 0.6 is 0 Å². The van der Waals surface area contributed by atoms with E-state index >= 15 is 0 Å². The maximum Gasteiger partial charge on any atom is 0.262 e.